The third-order valence-electron chi connectivity index (χ3n) is 3.56. The van der Waals surface area contributed by atoms with Crippen LogP contribution in [0.2, 0.25) is 0 Å². The van der Waals surface area contributed by atoms with Crippen molar-refractivity contribution in [2.24, 2.45) is 5.73 Å². The Bertz CT molecular complexity index is 565. The average Bonchev–Trinajstić information content (AvgIpc) is 2.38. The van der Waals surface area contributed by atoms with Crippen LogP contribution >= 0.6 is 0 Å². The van der Waals surface area contributed by atoms with Crippen LogP contribution < -0.4 is 5.73 Å². The summed E-state index contributed by atoms with van der Waals surface area (Å²) in [4.78, 5) is 0.303. The van der Waals surface area contributed by atoms with Gasteiger partial charge in [0.05, 0.1) is 23.6 Å². The Kier molecular flexibility index (Phi) is 4.20. The van der Waals surface area contributed by atoms with Gasteiger partial charge in [-0.2, -0.15) is 4.31 Å². The molecule has 1 aromatic rings. The molecule has 0 aliphatic carbocycles. The SMILES string of the molecule is CC(N)c1ccc(S(=O)(=O)N2CCOCC2(C)C)cc1. The maximum Gasteiger partial charge on any atom is 0.243 e. The van der Waals surface area contributed by atoms with Gasteiger partial charge in [0.15, 0.2) is 0 Å². The fourth-order valence-electron chi connectivity index (χ4n) is 2.36. The molecule has 2 rings (SSSR count). The lowest BCUT2D eigenvalue weighted by Crippen LogP contribution is -2.55. The second-order valence-electron chi connectivity index (χ2n) is 5.80. The molecule has 112 valence electrons. The van der Waals surface area contributed by atoms with Crippen molar-refractivity contribution in [2.45, 2.75) is 37.2 Å². The molecule has 20 heavy (non-hydrogen) atoms. The van der Waals surface area contributed by atoms with Gasteiger partial charge in [0.2, 0.25) is 10.0 Å². The van der Waals surface area contributed by atoms with Gasteiger partial charge in [0.25, 0.3) is 0 Å². The predicted octanol–water partition coefficient (Wildman–Crippen LogP) is 1.51. The molecule has 1 atom stereocenters. The van der Waals surface area contributed by atoms with Crippen molar-refractivity contribution < 1.29 is 13.2 Å². The van der Waals surface area contributed by atoms with Gasteiger partial charge in [-0.3, -0.25) is 0 Å². The zero-order chi connectivity index (χ0) is 15.0. The van der Waals surface area contributed by atoms with Crippen LogP contribution in [0.25, 0.3) is 0 Å². The van der Waals surface area contributed by atoms with Crippen LogP contribution in [-0.4, -0.2) is 38.0 Å². The van der Waals surface area contributed by atoms with Gasteiger partial charge in [0.1, 0.15) is 0 Å². The molecule has 0 saturated carbocycles. The van der Waals surface area contributed by atoms with Crippen LogP contribution in [0, 0.1) is 0 Å². The Labute approximate surface area is 120 Å². The topological polar surface area (TPSA) is 72.6 Å². The summed E-state index contributed by atoms with van der Waals surface area (Å²) in [7, 11) is -3.50. The summed E-state index contributed by atoms with van der Waals surface area (Å²) in [5.41, 5.74) is 6.17. The third-order valence-corrected chi connectivity index (χ3v) is 5.69. The van der Waals surface area contributed by atoms with E-state index in [0.717, 1.165) is 5.56 Å². The van der Waals surface area contributed by atoms with E-state index in [1.54, 1.807) is 24.3 Å². The van der Waals surface area contributed by atoms with E-state index in [2.05, 4.69) is 0 Å². The molecule has 0 radical (unpaired) electrons. The summed E-state index contributed by atoms with van der Waals surface area (Å²) in [6.07, 6.45) is 0. The van der Waals surface area contributed by atoms with Crippen molar-refractivity contribution in [3.63, 3.8) is 0 Å². The molecular weight excluding hydrogens is 276 g/mol. The number of ether oxygens (including phenoxy) is 1. The van der Waals surface area contributed by atoms with E-state index in [9.17, 15) is 8.42 Å². The van der Waals surface area contributed by atoms with Crippen molar-refractivity contribution in [3.05, 3.63) is 29.8 Å². The number of morpholine rings is 1. The van der Waals surface area contributed by atoms with Gasteiger partial charge in [-0.05, 0) is 38.5 Å². The maximum absolute atomic E-state index is 12.7. The minimum absolute atomic E-state index is 0.105. The highest BCUT2D eigenvalue weighted by Gasteiger charge is 2.39. The smallest absolute Gasteiger partial charge is 0.243 e. The van der Waals surface area contributed by atoms with E-state index in [1.807, 2.05) is 20.8 Å². The molecule has 1 aromatic carbocycles. The second-order valence-corrected chi connectivity index (χ2v) is 7.66. The van der Waals surface area contributed by atoms with E-state index >= 15 is 0 Å². The zero-order valence-electron chi connectivity index (χ0n) is 12.2. The molecule has 1 unspecified atom stereocenters. The number of hydrogen-bond donors (Lipinski definition) is 1. The normalized spacial score (nSPS) is 21.6. The van der Waals surface area contributed by atoms with Crippen LogP contribution in [0.5, 0.6) is 0 Å². The first-order valence-corrected chi connectivity index (χ1v) is 8.15. The Hall–Kier alpha value is -0.950. The largest absolute Gasteiger partial charge is 0.378 e. The van der Waals surface area contributed by atoms with E-state index in [0.29, 0.717) is 24.7 Å². The van der Waals surface area contributed by atoms with Gasteiger partial charge >= 0.3 is 0 Å². The van der Waals surface area contributed by atoms with Crippen LogP contribution in [0.15, 0.2) is 29.2 Å². The van der Waals surface area contributed by atoms with E-state index < -0.39 is 15.6 Å². The monoisotopic (exact) mass is 298 g/mol. The third kappa shape index (κ3) is 2.88. The molecule has 1 fully saturated rings. The molecule has 2 N–H and O–H groups in total. The molecule has 1 aliphatic rings. The molecule has 6 heteroatoms. The molecular formula is C14H22N2O3S. The molecule has 1 aliphatic heterocycles. The Morgan fingerprint density at radius 3 is 2.40 bits per heavy atom. The summed E-state index contributed by atoms with van der Waals surface area (Å²) in [6.45, 7) is 6.84. The van der Waals surface area contributed by atoms with Crippen molar-refractivity contribution >= 4 is 10.0 Å². The van der Waals surface area contributed by atoms with E-state index in [1.165, 1.54) is 4.31 Å². The van der Waals surface area contributed by atoms with Gasteiger partial charge < -0.3 is 10.5 Å². The second kappa shape index (κ2) is 5.44. The lowest BCUT2D eigenvalue weighted by Gasteiger charge is -2.40. The minimum atomic E-state index is -3.50. The molecule has 0 bridgehead atoms. The quantitative estimate of drug-likeness (QED) is 0.918. The van der Waals surface area contributed by atoms with E-state index in [4.69, 9.17) is 10.5 Å². The zero-order valence-corrected chi connectivity index (χ0v) is 13.0. The van der Waals surface area contributed by atoms with Crippen molar-refractivity contribution in [3.8, 4) is 0 Å². The fraction of sp³-hybridized carbons (Fsp3) is 0.571. The molecule has 1 saturated heterocycles. The molecule has 5 nitrogen and oxygen atoms in total. The lowest BCUT2D eigenvalue weighted by molar-refractivity contribution is -0.00770. The predicted molar refractivity (Wildman–Crippen MR) is 77.8 cm³/mol. The van der Waals surface area contributed by atoms with Gasteiger partial charge in [-0.25, -0.2) is 8.42 Å². The molecule has 1 heterocycles. The van der Waals surface area contributed by atoms with Gasteiger partial charge in [-0.15, -0.1) is 0 Å². The number of benzene rings is 1. The number of sulfonamides is 1. The van der Waals surface area contributed by atoms with Crippen LogP contribution in [-0.2, 0) is 14.8 Å². The lowest BCUT2D eigenvalue weighted by atomic mass is 10.1. The maximum atomic E-state index is 12.7. The summed E-state index contributed by atoms with van der Waals surface area (Å²) in [6, 6.07) is 6.68. The van der Waals surface area contributed by atoms with Crippen LogP contribution in [0.4, 0.5) is 0 Å². The standard InChI is InChI=1S/C14H22N2O3S/c1-11(15)12-4-6-13(7-5-12)20(17,18)16-8-9-19-10-14(16,2)3/h4-7,11H,8-10,15H2,1-3H3. The molecule has 0 spiro atoms. The van der Waals surface area contributed by atoms with Crippen molar-refractivity contribution in [2.75, 3.05) is 19.8 Å². The first-order valence-electron chi connectivity index (χ1n) is 6.71. The van der Waals surface area contributed by atoms with Crippen LogP contribution in [0.1, 0.15) is 32.4 Å². The summed E-state index contributed by atoms with van der Waals surface area (Å²) in [5.74, 6) is 0. The van der Waals surface area contributed by atoms with Gasteiger partial charge in [-0.1, -0.05) is 12.1 Å². The summed E-state index contributed by atoms with van der Waals surface area (Å²) < 4.78 is 32.3. The highest BCUT2D eigenvalue weighted by Crippen LogP contribution is 2.27. The Morgan fingerprint density at radius 1 is 1.30 bits per heavy atom. The van der Waals surface area contributed by atoms with Crippen molar-refractivity contribution in [1.82, 2.24) is 4.31 Å². The Balaban J connectivity index is 2.34. The van der Waals surface area contributed by atoms with Gasteiger partial charge in [0, 0.05) is 12.6 Å². The van der Waals surface area contributed by atoms with E-state index in [-0.39, 0.29) is 6.04 Å². The molecule has 0 aromatic heterocycles. The highest BCUT2D eigenvalue weighted by atomic mass is 32.2. The summed E-state index contributed by atoms with van der Waals surface area (Å²) >= 11 is 0. The number of hydrogen-bond acceptors (Lipinski definition) is 4. The number of rotatable bonds is 3. The van der Waals surface area contributed by atoms with Crippen LogP contribution in [0.3, 0.4) is 0 Å². The van der Waals surface area contributed by atoms with Crippen molar-refractivity contribution in [1.29, 1.82) is 0 Å². The Morgan fingerprint density at radius 2 is 1.90 bits per heavy atom. The number of nitrogens with zero attached hydrogens (tertiary/aromatic N) is 1. The number of nitrogens with two attached hydrogens (primary N) is 1. The first kappa shape index (κ1) is 15.4. The fourth-order valence-corrected chi connectivity index (χ4v) is 4.11. The average molecular weight is 298 g/mol. The minimum Gasteiger partial charge on any atom is -0.378 e. The first-order chi connectivity index (χ1) is 9.25. The highest BCUT2D eigenvalue weighted by molar-refractivity contribution is 7.89. The summed E-state index contributed by atoms with van der Waals surface area (Å²) in [5, 5.41) is 0. The molecule has 0 amide bonds.